The van der Waals surface area contributed by atoms with Gasteiger partial charge in [-0.15, -0.1) is 5.10 Å². The van der Waals surface area contributed by atoms with Crippen molar-refractivity contribution in [3.63, 3.8) is 0 Å². The molecule has 2 aromatic heterocycles. The number of anilines is 2. The molecule has 0 bridgehead atoms. The van der Waals surface area contributed by atoms with Crippen LogP contribution in [-0.2, 0) is 5.44 Å². The Morgan fingerprint density at radius 2 is 2.05 bits per heavy atom. The van der Waals surface area contributed by atoms with E-state index in [0.29, 0.717) is 39.8 Å². The lowest BCUT2D eigenvalue weighted by molar-refractivity contribution is 0.610. The number of nitrogens with one attached hydrogen (secondary N) is 2. The van der Waals surface area contributed by atoms with Crippen molar-refractivity contribution in [3.8, 4) is 6.07 Å². The first kappa shape index (κ1) is 23.7. The van der Waals surface area contributed by atoms with Crippen molar-refractivity contribution in [3.05, 3.63) is 76.5 Å². The molecule has 2 aliphatic rings. The molecule has 186 valence electrons. The maximum absolute atomic E-state index is 13.8. The van der Waals surface area contributed by atoms with Crippen LogP contribution in [-0.4, -0.2) is 33.9 Å². The van der Waals surface area contributed by atoms with Crippen molar-refractivity contribution in [2.45, 2.75) is 50.1 Å². The van der Waals surface area contributed by atoms with Gasteiger partial charge < -0.3 is 10.6 Å². The van der Waals surface area contributed by atoms with Crippen molar-refractivity contribution in [1.82, 2.24) is 20.0 Å². The Morgan fingerprint density at radius 3 is 2.73 bits per heavy atom. The van der Waals surface area contributed by atoms with Crippen LogP contribution in [0.1, 0.15) is 55.5 Å². The lowest BCUT2D eigenvalue weighted by Gasteiger charge is -2.31. The van der Waals surface area contributed by atoms with E-state index in [9.17, 15) is 9.65 Å². The number of aromatic nitrogens is 4. The number of nitrogens with zero attached hydrogens (tertiary/aromatic N) is 5. The second kappa shape index (κ2) is 9.03. The molecule has 2 aliphatic carbocycles. The summed E-state index contributed by atoms with van der Waals surface area (Å²) in [5.41, 5.74) is 3.32. The fraction of sp³-hybridized carbons (Fsp3) is 0.333. The van der Waals surface area contributed by atoms with Gasteiger partial charge in [0.2, 0.25) is 0 Å². The van der Waals surface area contributed by atoms with E-state index in [4.69, 9.17) is 11.6 Å². The molecule has 0 amide bonds. The largest absolute Gasteiger partial charge is 0.380 e. The number of hydrogen-bond donors (Lipinski definition) is 2. The number of benzene rings is 2. The lowest BCUT2D eigenvalue weighted by atomic mass is 9.69. The van der Waals surface area contributed by atoms with Crippen LogP contribution in [0.5, 0.6) is 0 Å². The normalized spacial score (nSPS) is 20.3. The summed E-state index contributed by atoms with van der Waals surface area (Å²) in [6.45, 7) is 2.18. The SMILES string of the molecule is BC(Nc1cc(Cl)c2ncc(C#N)c(N[C@@H]3C[C@H]3CC)c2c1)(c1ccc(F)cc1)c1cn(C2CC2)nn1. The zero-order valence-corrected chi connectivity index (χ0v) is 21.4. The monoisotopic (exact) mass is 513 g/mol. The summed E-state index contributed by atoms with van der Waals surface area (Å²) in [5.74, 6) is 0.292. The first-order valence-corrected chi connectivity index (χ1v) is 13.0. The van der Waals surface area contributed by atoms with Gasteiger partial charge in [-0.2, -0.15) is 5.26 Å². The molecule has 1 unspecified atom stereocenters. The Balaban J connectivity index is 1.45. The Bertz CT molecular complexity index is 1530. The highest BCUT2D eigenvalue weighted by atomic mass is 35.5. The predicted octanol–water partition coefficient (Wildman–Crippen LogP) is 4.98. The van der Waals surface area contributed by atoms with Gasteiger partial charge in [-0.05, 0) is 55.0 Å². The van der Waals surface area contributed by atoms with E-state index in [-0.39, 0.29) is 5.82 Å². The number of fused-ring (bicyclic) bond motifs is 1. The molecule has 10 heteroatoms. The molecule has 2 saturated carbocycles. The van der Waals surface area contributed by atoms with E-state index in [1.165, 1.54) is 12.1 Å². The number of nitriles is 1. The number of hydrogen-bond acceptors (Lipinski definition) is 6. The standard InChI is InChI=1S/C27H26BClFN7/c1-2-15-9-23(15)33-25-16(12-31)13-32-26-21(25)10-19(11-22(26)29)34-27(28,17-3-5-18(30)6-4-17)24-14-37(36-35-24)20-7-8-20/h3-6,10-11,13-15,20,23,34H,2,7-9,28H2,1H3,(H,32,33)/t15-,23-,27?/m1/s1. The minimum Gasteiger partial charge on any atom is -0.380 e. The summed E-state index contributed by atoms with van der Waals surface area (Å²) in [4.78, 5) is 4.48. The summed E-state index contributed by atoms with van der Waals surface area (Å²) >= 11 is 6.74. The molecule has 2 fully saturated rings. The molecule has 0 radical (unpaired) electrons. The quantitative estimate of drug-likeness (QED) is 0.323. The summed E-state index contributed by atoms with van der Waals surface area (Å²) in [7, 11) is 2.00. The molecule has 0 aliphatic heterocycles. The van der Waals surface area contributed by atoms with Crippen LogP contribution >= 0.6 is 11.6 Å². The maximum atomic E-state index is 13.8. The van der Waals surface area contributed by atoms with Crippen molar-refractivity contribution in [2.75, 3.05) is 10.6 Å². The van der Waals surface area contributed by atoms with Crippen molar-refractivity contribution < 1.29 is 4.39 Å². The second-order valence-electron chi connectivity index (χ2n) is 10.2. The Labute approximate surface area is 220 Å². The molecule has 4 aromatic rings. The van der Waals surface area contributed by atoms with E-state index in [0.717, 1.165) is 48.0 Å². The first-order valence-electron chi connectivity index (χ1n) is 12.6. The Morgan fingerprint density at radius 1 is 1.27 bits per heavy atom. The van der Waals surface area contributed by atoms with Gasteiger partial charge in [-0.1, -0.05) is 42.3 Å². The van der Waals surface area contributed by atoms with Gasteiger partial charge in [0, 0.05) is 23.3 Å². The fourth-order valence-corrected chi connectivity index (χ4v) is 5.28. The summed E-state index contributed by atoms with van der Waals surface area (Å²) in [6.07, 6.45) is 7.88. The van der Waals surface area contributed by atoms with Crippen LogP contribution in [0.2, 0.25) is 5.02 Å². The highest BCUT2D eigenvalue weighted by Crippen LogP contribution is 2.41. The molecule has 7 nitrogen and oxygen atoms in total. The summed E-state index contributed by atoms with van der Waals surface area (Å²) < 4.78 is 15.7. The molecule has 0 saturated heterocycles. The van der Waals surface area contributed by atoms with E-state index in [1.54, 1.807) is 18.3 Å². The number of rotatable bonds is 8. The van der Waals surface area contributed by atoms with E-state index < -0.39 is 5.44 Å². The number of halogens is 2. The van der Waals surface area contributed by atoms with Crippen molar-refractivity contribution in [2.24, 2.45) is 5.92 Å². The van der Waals surface area contributed by atoms with Gasteiger partial charge in [0.05, 0.1) is 39.5 Å². The average molecular weight is 514 g/mol. The first-order chi connectivity index (χ1) is 17.9. The van der Waals surface area contributed by atoms with Crippen LogP contribution < -0.4 is 10.6 Å². The van der Waals surface area contributed by atoms with Gasteiger partial charge in [0.15, 0.2) is 0 Å². The van der Waals surface area contributed by atoms with Gasteiger partial charge in [-0.25, -0.2) is 9.07 Å². The Hall–Kier alpha value is -3.64. The highest BCUT2D eigenvalue weighted by molar-refractivity contribution is 6.36. The van der Waals surface area contributed by atoms with Crippen molar-refractivity contribution in [1.29, 1.82) is 5.26 Å². The molecule has 2 heterocycles. The molecule has 2 N–H and O–H groups in total. The third kappa shape index (κ3) is 4.40. The number of pyridine rings is 1. The third-order valence-electron chi connectivity index (χ3n) is 7.58. The maximum Gasteiger partial charge on any atom is 0.148 e. The van der Waals surface area contributed by atoms with Crippen LogP contribution in [0.25, 0.3) is 10.9 Å². The second-order valence-corrected chi connectivity index (χ2v) is 10.6. The smallest absolute Gasteiger partial charge is 0.148 e. The van der Waals surface area contributed by atoms with Gasteiger partial charge in [-0.3, -0.25) is 4.98 Å². The topological polar surface area (TPSA) is 91.5 Å². The average Bonchev–Trinajstić information content (AvgIpc) is 3.82. The minimum absolute atomic E-state index is 0.308. The molecular weight excluding hydrogens is 488 g/mol. The zero-order valence-electron chi connectivity index (χ0n) is 20.7. The zero-order chi connectivity index (χ0) is 25.7. The molecule has 0 spiro atoms. The minimum atomic E-state index is -0.824. The van der Waals surface area contributed by atoms with Gasteiger partial charge in [0.1, 0.15) is 25.4 Å². The summed E-state index contributed by atoms with van der Waals surface area (Å²) in [6, 6.07) is 13.2. The van der Waals surface area contributed by atoms with Gasteiger partial charge >= 0.3 is 0 Å². The van der Waals surface area contributed by atoms with Crippen LogP contribution in [0.3, 0.4) is 0 Å². The van der Waals surface area contributed by atoms with Crippen molar-refractivity contribution >= 4 is 41.7 Å². The summed E-state index contributed by atoms with van der Waals surface area (Å²) in [5, 5.41) is 27.1. The van der Waals surface area contributed by atoms with Gasteiger partial charge in [0.25, 0.3) is 0 Å². The van der Waals surface area contributed by atoms with E-state index in [2.05, 4.69) is 38.9 Å². The molecule has 3 atom stereocenters. The van der Waals surface area contributed by atoms with Crippen LogP contribution in [0.4, 0.5) is 15.8 Å². The third-order valence-corrected chi connectivity index (χ3v) is 7.87. The molecule has 2 aromatic carbocycles. The predicted molar refractivity (Wildman–Crippen MR) is 145 cm³/mol. The molecular formula is C27H26BClFN7. The van der Waals surface area contributed by atoms with Crippen LogP contribution in [0.15, 0.2) is 48.8 Å². The fourth-order valence-electron chi connectivity index (χ4n) is 5.01. The van der Waals surface area contributed by atoms with E-state index >= 15 is 0 Å². The molecule has 37 heavy (non-hydrogen) atoms. The highest BCUT2D eigenvalue weighted by Gasteiger charge is 2.37. The molecule has 6 rings (SSSR count). The van der Waals surface area contributed by atoms with E-state index in [1.807, 2.05) is 30.9 Å². The Kier molecular flexibility index (Phi) is 5.80. The lowest BCUT2D eigenvalue weighted by Crippen LogP contribution is -2.37. The van der Waals surface area contributed by atoms with Crippen LogP contribution in [0, 0.1) is 23.1 Å².